The number of hydrogen-bond acceptors (Lipinski definition) is 3. The number of amides is 1. The molecule has 2 atom stereocenters. The van der Waals surface area contributed by atoms with E-state index >= 15 is 0 Å². The second-order valence-corrected chi connectivity index (χ2v) is 7.57. The first-order valence-corrected chi connectivity index (χ1v) is 8.40. The Kier molecular flexibility index (Phi) is 5.22. The van der Waals surface area contributed by atoms with Crippen molar-refractivity contribution in [3.63, 3.8) is 0 Å². The molecule has 0 spiro atoms. The van der Waals surface area contributed by atoms with Crippen molar-refractivity contribution in [1.82, 2.24) is 10.3 Å². The van der Waals surface area contributed by atoms with Crippen LogP contribution < -0.4 is 5.32 Å². The molecule has 0 fully saturated rings. The molecule has 21 heavy (non-hydrogen) atoms. The average molecular weight is 325 g/mol. The highest BCUT2D eigenvalue weighted by molar-refractivity contribution is 7.17. The van der Waals surface area contributed by atoms with Crippen LogP contribution in [0.3, 0.4) is 0 Å². The number of rotatable bonds is 4. The number of carbonyl (C=O) groups is 1. The summed E-state index contributed by atoms with van der Waals surface area (Å²) in [4.78, 5) is 16.9. The van der Waals surface area contributed by atoms with Crippen LogP contribution in [-0.4, -0.2) is 16.9 Å². The predicted octanol–water partition coefficient (Wildman–Crippen LogP) is 4.32. The summed E-state index contributed by atoms with van der Waals surface area (Å²) in [6.45, 7) is 8.68. The van der Waals surface area contributed by atoms with E-state index in [4.69, 9.17) is 11.6 Å². The number of nitrogens with one attached hydrogen (secondary N) is 1. The molecule has 0 saturated heterocycles. The first-order chi connectivity index (χ1) is 9.90. The Labute approximate surface area is 135 Å². The van der Waals surface area contributed by atoms with Crippen LogP contribution >= 0.6 is 22.9 Å². The van der Waals surface area contributed by atoms with Crippen LogP contribution in [0, 0.1) is 17.8 Å². The summed E-state index contributed by atoms with van der Waals surface area (Å²) in [5, 5.41) is 3.16. The van der Waals surface area contributed by atoms with E-state index in [2.05, 4.69) is 56.2 Å². The van der Waals surface area contributed by atoms with Gasteiger partial charge in [0, 0.05) is 5.92 Å². The molecule has 1 N–H and O–H groups in total. The number of thiazole rings is 1. The van der Waals surface area contributed by atoms with Gasteiger partial charge in [-0.25, -0.2) is 4.98 Å². The first kappa shape index (κ1) is 16.2. The minimum absolute atomic E-state index is 0.0309. The Morgan fingerprint density at radius 1 is 1.38 bits per heavy atom. The number of nitrogens with zero attached hydrogens (tertiary/aromatic N) is 1. The summed E-state index contributed by atoms with van der Waals surface area (Å²) in [5.41, 5.74) is 1.26. The standard InChI is InChI=1S/C16H21ClN2OS/c1-9(2)11-6-5-7-12(10(3)4)14(11)19-15(20)13-8-18-16(17)21-13/h5-11,14H,1-4H3,(H,19,20). The van der Waals surface area contributed by atoms with Gasteiger partial charge in [0.05, 0.1) is 12.2 Å². The summed E-state index contributed by atoms with van der Waals surface area (Å²) in [6.07, 6.45) is 7.94. The second kappa shape index (κ2) is 6.75. The SMILES string of the molecule is CC(C)C1=CC=CC(C(C)C)C1NC(=O)c1cnc(Cl)s1. The van der Waals surface area contributed by atoms with Gasteiger partial charge in [-0.15, -0.1) is 0 Å². The van der Waals surface area contributed by atoms with Crippen molar-refractivity contribution in [2.24, 2.45) is 17.8 Å². The van der Waals surface area contributed by atoms with Crippen LogP contribution in [0.2, 0.25) is 4.47 Å². The van der Waals surface area contributed by atoms with Gasteiger partial charge in [-0.1, -0.05) is 68.9 Å². The fraction of sp³-hybridized carbons (Fsp3) is 0.500. The zero-order chi connectivity index (χ0) is 15.6. The molecule has 1 aromatic rings. The summed E-state index contributed by atoms with van der Waals surface area (Å²) in [7, 11) is 0. The summed E-state index contributed by atoms with van der Waals surface area (Å²) in [6, 6.07) is 0.0309. The van der Waals surface area contributed by atoms with Gasteiger partial charge in [0.2, 0.25) is 0 Å². The zero-order valence-corrected chi connectivity index (χ0v) is 14.3. The maximum absolute atomic E-state index is 12.4. The van der Waals surface area contributed by atoms with Gasteiger partial charge in [-0.2, -0.15) is 0 Å². The van der Waals surface area contributed by atoms with Crippen LogP contribution in [-0.2, 0) is 0 Å². The molecular weight excluding hydrogens is 304 g/mol. The minimum Gasteiger partial charge on any atom is -0.344 e. The van der Waals surface area contributed by atoms with Crippen LogP contribution in [0.1, 0.15) is 37.4 Å². The molecule has 0 aromatic carbocycles. The number of halogens is 1. The van der Waals surface area contributed by atoms with E-state index in [1.807, 2.05) is 0 Å². The molecular formula is C16H21ClN2OS. The molecule has 1 aliphatic rings. The second-order valence-electron chi connectivity index (χ2n) is 5.96. The van der Waals surface area contributed by atoms with Crippen LogP contribution in [0.4, 0.5) is 0 Å². The van der Waals surface area contributed by atoms with E-state index in [1.165, 1.54) is 23.1 Å². The molecule has 5 heteroatoms. The van der Waals surface area contributed by atoms with Crippen molar-refractivity contribution in [3.05, 3.63) is 39.3 Å². The third kappa shape index (κ3) is 3.74. The molecule has 0 aliphatic heterocycles. The summed E-state index contributed by atoms with van der Waals surface area (Å²) >= 11 is 7.02. The average Bonchev–Trinajstić information content (AvgIpc) is 2.85. The number of hydrogen-bond donors (Lipinski definition) is 1. The van der Waals surface area contributed by atoms with E-state index in [0.29, 0.717) is 27.1 Å². The minimum atomic E-state index is -0.100. The third-order valence-corrected chi connectivity index (χ3v) is 4.90. The summed E-state index contributed by atoms with van der Waals surface area (Å²) < 4.78 is 0.392. The van der Waals surface area contributed by atoms with Gasteiger partial charge >= 0.3 is 0 Å². The van der Waals surface area contributed by atoms with Crippen molar-refractivity contribution in [1.29, 1.82) is 0 Å². The lowest BCUT2D eigenvalue weighted by Gasteiger charge is -2.34. The fourth-order valence-corrected chi connectivity index (χ4v) is 3.48. The molecule has 0 saturated carbocycles. The molecule has 0 bridgehead atoms. The fourth-order valence-electron chi connectivity index (χ4n) is 2.64. The molecule has 0 radical (unpaired) electrons. The topological polar surface area (TPSA) is 42.0 Å². The number of allylic oxidation sites excluding steroid dienone is 2. The van der Waals surface area contributed by atoms with Crippen LogP contribution in [0.5, 0.6) is 0 Å². The Morgan fingerprint density at radius 3 is 2.62 bits per heavy atom. The maximum Gasteiger partial charge on any atom is 0.263 e. The van der Waals surface area contributed by atoms with Gasteiger partial charge in [-0.3, -0.25) is 4.79 Å². The molecule has 3 nitrogen and oxygen atoms in total. The highest BCUT2D eigenvalue weighted by Crippen LogP contribution is 2.30. The van der Waals surface area contributed by atoms with E-state index in [0.717, 1.165) is 0 Å². The van der Waals surface area contributed by atoms with Crippen molar-refractivity contribution in [2.75, 3.05) is 0 Å². The maximum atomic E-state index is 12.4. The van der Waals surface area contributed by atoms with Gasteiger partial charge in [0.1, 0.15) is 4.88 Å². The molecule has 1 heterocycles. The van der Waals surface area contributed by atoms with Crippen molar-refractivity contribution < 1.29 is 4.79 Å². The van der Waals surface area contributed by atoms with Gasteiger partial charge < -0.3 is 5.32 Å². The molecule has 1 aromatic heterocycles. The lowest BCUT2D eigenvalue weighted by Crippen LogP contribution is -2.44. The number of aromatic nitrogens is 1. The summed E-state index contributed by atoms with van der Waals surface area (Å²) in [5.74, 6) is 1.06. The van der Waals surface area contributed by atoms with Gasteiger partial charge in [-0.05, 0) is 17.4 Å². The quantitative estimate of drug-likeness (QED) is 0.896. The van der Waals surface area contributed by atoms with E-state index < -0.39 is 0 Å². The van der Waals surface area contributed by atoms with E-state index in [1.54, 1.807) is 0 Å². The monoisotopic (exact) mass is 324 g/mol. The van der Waals surface area contributed by atoms with Crippen molar-refractivity contribution in [3.8, 4) is 0 Å². The number of carbonyl (C=O) groups excluding carboxylic acids is 1. The third-order valence-electron chi connectivity index (χ3n) is 3.79. The largest absolute Gasteiger partial charge is 0.344 e. The molecule has 2 unspecified atom stereocenters. The molecule has 1 aliphatic carbocycles. The van der Waals surface area contributed by atoms with Crippen LogP contribution in [0.15, 0.2) is 30.0 Å². The molecule has 1 amide bonds. The van der Waals surface area contributed by atoms with E-state index in [-0.39, 0.29) is 11.9 Å². The van der Waals surface area contributed by atoms with Crippen molar-refractivity contribution in [2.45, 2.75) is 33.7 Å². The Balaban J connectivity index is 2.22. The Bertz CT molecular complexity index is 575. The zero-order valence-electron chi connectivity index (χ0n) is 12.8. The van der Waals surface area contributed by atoms with Gasteiger partial charge in [0.25, 0.3) is 5.91 Å². The van der Waals surface area contributed by atoms with Crippen molar-refractivity contribution >= 4 is 28.8 Å². The highest BCUT2D eigenvalue weighted by atomic mass is 35.5. The Hall–Kier alpha value is -1.13. The van der Waals surface area contributed by atoms with Crippen LogP contribution in [0.25, 0.3) is 0 Å². The lowest BCUT2D eigenvalue weighted by atomic mass is 9.77. The highest BCUT2D eigenvalue weighted by Gasteiger charge is 2.30. The molecule has 2 rings (SSSR count). The Morgan fingerprint density at radius 2 is 2.10 bits per heavy atom. The smallest absolute Gasteiger partial charge is 0.263 e. The lowest BCUT2D eigenvalue weighted by molar-refractivity contribution is 0.0932. The first-order valence-electron chi connectivity index (χ1n) is 7.20. The normalized spacial score (nSPS) is 21.8. The predicted molar refractivity (Wildman–Crippen MR) is 88.8 cm³/mol. The van der Waals surface area contributed by atoms with E-state index in [9.17, 15) is 4.79 Å². The molecule has 114 valence electrons. The van der Waals surface area contributed by atoms with Gasteiger partial charge in [0.15, 0.2) is 4.47 Å².